The number of aromatic nitrogens is 2. The summed E-state index contributed by atoms with van der Waals surface area (Å²) in [5.74, 6) is 0.182. The Morgan fingerprint density at radius 3 is 2.45 bits per heavy atom. The molecule has 7 nitrogen and oxygen atoms in total. The Morgan fingerprint density at radius 2 is 1.72 bits per heavy atom. The smallest absolute Gasteiger partial charge is 0.317 e. The van der Waals surface area contributed by atoms with Gasteiger partial charge in [0.05, 0.1) is 12.5 Å². The molecule has 2 aromatic rings. The van der Waals surface area contributed by atoms with E-state index in [4.69, 9.17) is 0 Å². The Labute approximate surface area is 171 Å². The number of piperidine rings is 1. The Morgan fingerprint density at radius 1 is 1.00 bits per heavy atom. The third-order valence-corrected chi connectivity index (χ3v) is 5.85. The van der Waals surface area contributed by atoms with Gasteiger partial charge in [-0.1, -0.05) is 24.3 Å². The van der Waals surface area contributed by atoms with Crippen LogP contribution in [0.25, 0.3) is 0 Å². The van der Waals surface area contributed by atoms with Crippen molar-refractivity contribution >= 4 is 11.9 Å². The van der Waals surface area contributed by atoms with Crippen LogP contribution in [0, 0.1) is 5.92 Å². The first-order valence-corrected chi connectivity index (χ1v) is 10.6. The Balaban J connectivity index is 1.26. The first-order valence-electron chi connectivity index (χ1n) is 10.6. The molecule has 2 aliphatic heterocycles. The molecule has 0 saturated carbocycles. The van der Waals surface area contributed by atoms with Gasteiger partial charge in [0.1, 0.15) is 0 Å². The van der Waals surface area contributed by atoms with Crippen molar-refractivity contribution in [3.05, 3.63) is 53.9 Å². The number of hydrogen-bond donors (Lipinski definition) is 1. The molecule has 7 heteroatoms. The molecule has 4 rings (SSSR count). The third-order valence-electron chi connectivity index (χ3n) is 5.85. The van der Waals surface area contributed by atoms with E-state index < -0.39 is 0 Å². The van der Waals surface area contributed by atoms with Crippen molar-refractivity contribution in [3.63, 3.8) is 0 Å². The first-order chi connectivity index (χ1) is 14.2. The summed E-state index contributed by atoms with van der Waals surface area (Å²) in [6.07, 6.45) is 7.69. The van der Waals surface area contributed by atoms with Gasteiger partial charge in [-0.2, -0.15) is 5.10 Å². The number of nitrogens with one attached hydrogen (secondary N) is 1. The van der Waals surface area contributed by atoms with Crippen molar-refractivity contribution in [2.24, 2.45) is 5.92 Å². The highest BCUT2D eigenvalue weighted by Crippen LogP contribution is 2.21. The number of carbonyl (C=O) groups is 2. The number of carbonyl (C=O) groups excluding carboxylic acids is 2. The van der Waals surface area contributed by atoms with Gasteiger partial charge in [-0.05, 0) is 42.9 Å². The second-order valence-electron chi connectivity index (χ2n) is 8.00. The number of amides is 3. The molecule has 2 saturated heterocycles. The highest BCUT2D eigenvalue weighted by molar-refractivity contribution is 5.81. The average Bonchev–Trinajstić information content (AvgIpc) is 3.47. The number of urea groups is 1. The molecular formula is C22H29N5O2. The monoisotopic (exact) mass is 395 g/mol. The Kier molecular flexibility index (Phi) is 6.12. The predicted octanol–water partition coefficient (Wildman–Crippen LogP) is 2.48. The van der Waals surface area contributed by atoms with Crippen molar-refractivity contribution in [1.29, 1.82) is 0 Å². The average molecular weight is 396 g/mol. The zero-order chi connectivity index (χ0) is 20.1. The van der Waals surface area contributed by atoms with Crippen LogP contribution >= 0.6 is 0 Å². The van der Waals surface area contributed by atoms with Gasteiger partial charge in [0.2, 0.25) is 5.91 Å². The van der Waals surface area contributed by atoms with Crippen LogP contribution in [-0.2, 0) is 17.9 Å². The van der Waals surface area contributed by atoms with E-state index in [9.17, 15) is 9.59 Å². The summed E-state index contributed by atoms with van der Waals surface area (Å²) in [6.45, 7) is 4.22. The number of benzene rings is 1. The molecule has 1 atom stereocenters. The van der Waals surface area contributed by atoms with E-state index in [0.717, 1.165) is 57.4 Å². The van der Waals surface area contributed by atoms with Gasteiger partial charge in [0.25, 0.3) is 0 Å². The second kappa shape index (κ2) is 9.11. The fraction of sp³-hybridized carbons (Fsp3) is 0.500. The summed E-state index contributed by atoms with van der Waals surface area (Å²) in [7, 11) is 0. The van der Waals surface area contributed by atoms with Crippen LogP contribution in [0.3, 0.4) is 0 Å². The molecule has 3 amide bonds. The van der Waals surface area contributed by atoms with Crippen LogP contribution in [0.5, 0.6) is 0 Å². The lowest BCUT2D eigenvalue weighted by molar-refractivity contribution is -0.135. The normalized spacial score (nSPS) is 19.4. The van der Waals surface area contributed by atoms with Crippen LogP contribution in [0.1, 0.15) is 36.8 Å². The lowest BCUT2D eigenvalue weighted by atomic mass is 9.97. The fourth-order valence-electron chi connectivity index (χ4n) is 4.19. The highest BCUT2D eigenvalue weighted by Gasteiger charge is 2.32. The van der Waals surface area contributed by atoms with Gasteiger partial charge < -0.3 is 15.1 Å². The molecule has 0 radical (unpaired) electrons. The number of rotatable bonds is 5. The zero-order valence-electron chi connectivity index (χ0n) is 16.8. The van der Waals surface area contributed by atoms with E-state index >= 15 is 0 Å². The van der Waals surface area contributed by atoms with Crippen LogP contribution < -0.4 is 5.32 Å². The van der Waals surface area contributed by atoms with Gasteiger partial charge >= 0.3 is 6.03 Å². The molecule has 1 aromatic heterocycles. The molecule has 2 aliphatic rings. The maximum absolute atomic E-state index is 12.7. The second-order valence-corrected chi connectivity index (χ2v) is 8.00. The molecule has 29 heavy (non-hydrogen) atoms. The summed E-state index contributed by atoms with van der Waals surface area (Å²) in [5, 5.41) is 7.22. The standard InChI is InChI=1S/C22H29N5O2/c28-21(25-11-1-2-12-25)20-5-3-13-26(17-20)22(29)23-15-18-6-8-19(9-7-18)16-27-14-4-10-24-27/h4,6-10,14,20H,1-3,5,11-13,15-17H2,(H,23,29)/t20-/m1/s1. The largest absolute Gasteiger partial charge is 0.342 e. The van der Waals surface area contributed by atoms with Crippen LogP contribution in [-0.4, -0.2) is 57.7 Å². The first kappa shape index (κ1) is 19.5. The van der Waals surface area contributed by atoms with Crippen molar-refractivity contribution < 1.29 is 9.59 Å². The maximum Gasteiger partial charge on any atom is 0.317 e. The van der Waals surface area contributed by atoms with E-state index in [1.54, 1.807) is 11.1 Å². The fourth-order valence-corrected chi connectivity index (χ4v) is 4.19. The van der Waals surface area contributed by atoms with E-state index in [2.05, 4.69) is 22.5 Å². The van der Waals surface area contributed by atoms with Crippen LogP contribution in [0.2, 0.25) is 0 Å². The topological polar surface area (TPSA) is 70.5 Å². The van der Waals surface area contributed by atoms with Gasteiger partial charge in [-0.25, -0.2) is 4.79 Å². The Hall–Kier alpha value is -2.83. The minimum atomic E-state index is -0.0791. The number of hydrogen-bond acceptors (Lipinski definition) is 3. The summed E-state index contributed by atoms with van der Waals surface area (Å²) >= 11 is 0. The van der Waals surface area contributed by atoms with Crippen LogP contribution in [0.15, 0.2) is 42.7 Å². The minimum absolute atomic E-state index is 0.0471. The summed E-state index contributed by atoms with van der Waals surface area (Å²) in [6, 6.07) is 10.0. The molecule has 0 aliphatic carbocycles. The molecule has 154 valence electrons. The van der Waals surface area contributed by atoms with Crippen LogP contribution in [0.4, 0.5) is 4.79 Å². The van der Waals surface area contributed by atoms with E-state index in [0.29, 0.717) is 13.1 Å². The molecule has 0 spiro atoms. The lowest BCUT2D eigenvalue weighted by Gasteiger charge is -2.34. The third kappa shape index (κ3) is 4.96. The van der Waals surface area contributed by atoms with Gasteiger partial charge in [0.15, 0.2) is 0 Å². The SMILES string of the molecule is O=C(NCc1ccc(Cn2cccn2)cc1)N1CCC[C@@H](C(=O)N2CCCC2)C1. The number of nitrogens with zero attached hydrogens (tertiary/aromatic N) is 4. The van der Waals surface area contributed by atoms with Crippen molar-refractivity contribution in [2.45, 2.75) is 38.8 Å². The Bertz CT molecular complexity index is 812. The highest BCUT2D eigenvalue weighted by atomic mass is 16.2. The predicted molar refractivity (Wildman–Crippen MR) is 110 cm³/mol. The summed E-state index contributed by atoms with van der Waals surface area (Å²) in [4.78, 5) is 29.0. The summed E-state index contributed by atoms with van der Waals surface area (Å²) < 4.78 is 1.88. The molecule has 0 unspecified atom stereocenters. The summed E-state index contributed by atoms with van der Waals surface area (Å²) in [5.41, 5.74) is 2.23. The number of likely N-dealkylation sites (tertiary alicyclic amines) is 2. The van der Waals surface area contributed by atoms with Gasteiger partial charge in [-0.3, -0.25) is 9.48 Å². The van der Waals surface area contributed by atoms with Gasteiger partial charge in [0, 0.05) is 45.1 Å². The van der Waals surface area contributed by atoms with E-state index in [1.807, 2.05) is 34.0 Å². The molecule has 0 bridgehead atoms. The molecule has 1 aromatic carbocycles. The van der Waals surface area contributed by atoms with Crippen molar-refractivity contribution in [2.75, 3.05) is 26.2 Å². The van der Waals surface area contributed by atoms with Crippen molar-refractivity contribution in [1.82, 2.24) is 24.9 Å². The molecular weight excluding hydrogens is 366 g/mol. The molecule has 1 N–H and O–H groups in total. The van der Waals surface area contributed by atoms with Gasteiger partial charge in [-0.15, -0.1) is 0 Å². The molecule has 3 heterocycles. The lowest BCUT2D eigenvalue weighted by Crippen LogP contribution is -2.49. The van der Waals surface area contributed by atoms with E-state index in [-0.39, 0.29) is 17.9 Å². The maximum atomic E-state index is 12.7. The minimum Gasteiger partial charge on any atom is -0.342 e. The quantitative estimate of drug-likeness (QED) is 0.846. The zero-order valence-corrected chi connectivity index (χ0v) is 16.8. The van der Waals surface area contributed by atoms with E-state index in [1.165, 1.54) is 5.56 Å². The molecule has 2 fully saturated rings. The van der Waals surface area contributed by atoms with Crippen molar-refractivity contribution in [3.8, 4) is 0 Å².